The molecule has 0 N–H and O–H groups in total. The van der Waals surface area contributed by atoms with Crippen LogP contribution in [0.15, 0.2) is 18.2 Å². The second-order valence-corrected chi connectivity index (χ2v) is 6.67. The molecule has 116 valence electrons. The lowest BCUT2D eigenvalue weighted by molar-refractivity contribution is -0.128. The molecule has 6 heteroatoms. The van der Waals surface area contributed by atoms with Crippen LogP contribution in [0.1, 0.15) is 31.2 Å². The van der Waals surface area contributed by atoms with Gasteiger partial charge in [0.25, 0.3) is 0 Å². The zero-order valence-corrected chi connectivity index (χ0v) is 13.7. The molecule has 1 aromatic carbocycles. The van der Waals surface area contributed by atoms with Crippen molar-refractivity contribution < 1.29 is 13.9 Å². The SMILES string of the molecule is CC(C)OCCCN1C(=O)CSC1c1ccc(F)c(Cl)c1. The van der Waals surface area contributed by atoms with Crippen molar-refractivity contribution in [1.29, 1.82) is 0 Å². The molecule has 1 saturated heterocycles. The highest BCUT2D eigenvalue weighted by atomic mass is 35.5. The lowest BCUT2D eigenvalue weighted by Crippen LogP contribution is -2.30. The molecule has 1 aromatic rings. The Kier molecular flexibility index (Phi) is 5.90. The Hall–Kier alpha value is -0.780. The van der Waals surface area contributed by atoms with E-state index in [0.717, 1.165) is 12.0 Å². The second kappa shape index (κ2) is 7.47. The maximum absolute atomic E-state index is 13.2. The maximum atomic E-state index is 13.2. The molecule has 1 aliphatic rings. The van der Waals surface area contributed by atoms with E-state index in [2.05, 4.69) is 0 Å². The number of carbonyl (C=O) groups is 1. The van der Waals surface area contributed by atoms with E-state index in [9.17, 15) is 9.18 Å². The van der Waals surface area contributed by atoms with Gasteiger partial charge in [-0.15, -0.1) is 11.8 Å². The molecule has 3 nitrogen and oxygen atoms in total. The van der Waals surface area contributed by atoms with Gasteiger partial charge < -0.3 is 9.64 Å². The Morgan fingerprint density at radius 2 is 2.29 bits per heavy atom. The molecule has 0 radical (unpaired) electrons. The van der Waals surface area contributed by atoms with Crippen LogP contribution in [0, 0.1) is 5.82 Å². The average Bonchev–Trinajstić information content (AvgIpc) is 2.79. The normalized spacial score (nSPS) is 18.8. The first-order valence-electron chi connectivity index (χ1n) is 6.96. The van der Waals surface area contributed by atoms with Crippen LogP contribution in [0.4, 0.5) is 4.39 Å². The first-order valence-corrected chi connectivity index (χ1v) is 8.39. The van der Waals surface area contributed by atoms with Crippen LogP contribution in [0.25, 0.3) is 0 Å². The molecule has 21 heavy (non-hydrogen) atoms. The van der Waals surface area contributed by atoms with Crippen LogP contribution in [-0.4, -0.2) is 35.8 Å². The van der Waals surface area contributed by atoms with E-state index in [1.807, 2.05) is 18.7 Å². The Bertz CT molecular complexity index is 512. The lowest BCUT2D eigenvalue weighted by atomic mass is 10.2. The van der Waals surface area contributed by atoms with Gasteiger partial charge in [-0.3, -0.25) is 4.79 Å². The highest BCUT2D eigenvalue weighted by molar-refractivity contribution is 8.00. The predicted octanol–water partition coefficient (Wildman–Crippen LogP) is 3.87. The fraction of sp³-hybridized carbons (Fsp3) is 0.533. The minimum Gasteiger partial charge on any atom is -0.379 e. The highest BCUT2D eigenvalue weighted by Crippen LogP contribution is 2.39. The van der Waals surface area contributed by atoms with Gasteiger partial charge in [-0.25, -0.2) is 4.39 Å². The fourth-order valence-corrected chi connectivity index (χ4v) is 3.59. The Morgan fingerprint density at radius 1 is 1.52 bits per heavy atom. The molecule has 1 unspecified atom stereocenters. The van der Waals surface area contributed by atoms with E-state index in [1.54, 1.807) is 23.9 Å². The third-order valence-electron chi connectivity index (χ3n) is 3.19. The van der Waals surface area contributed by atoms with Crippen molar-refractivity contribution in [2.45, 2.75) is 31.7 Å². The van der Waals surface area contributed by atoms with Crippen molar-refractivity contribution >= 4 is 29.3 Å². The maximum Gasteiger partial charge on any atom is 0.233 e. The predicted molar refractivity (Wildman–Crippen MR) is 84.0 cm³/mol. The summed E-state index contributed by atoms with van der Waals surface area (Å²) in [5.41, 5.74) is 0.863. The third-order valence-corrected chi connectivity index (χ3v) is 4.74. The number of carbonyl (C=O) groups excluding carboxylic acids is 1. The molecule has 0 aromatic heterocycles. The monoisotopic (exact) mass is 331 g/mol. The molecule has 2 rings (SSSR count). The summed E-state index contributed by atoms with van der Waals surface area (Å²) in [5.74, 6) is 0.117. The summed E-state index contributed by atoms with van der Waals surface area (Å²) >= 11 is 7.38. The smallest absolute Gasteiger partial charge is 0.233 e. The topological polar surface area (TPSA) is 29.5 Å². The molecular formula is C15H19ClFNO2S. The number of thioether (sulfide) groups is 1. The van der Waals surface area contributed by atoms with Crippen molar-refractivity contribution in [2.75, 3.05) is 18.9 Å². The van der Waals surface area contributed by atoms with Crippen LogP contribution >= 0.6 is 23.4 Å². The van der Waals surface area contributed by atoms with E-state index in [1.165, 1.54) is 6.07 Å². The van der Waals surface area contributed by atoms with E-state index < -0.39 is 5.82 Å². The zero-order chi connectivity index (χ0) is 15.4. The largest absolute Gasteiger partial charge is 0.379 e. The molecule has 1 atom stereocenters. The van der Waals surface area contributed by atoms with E-state index in [4.69, 9.17) is 16.3 Å². The number of halogens is 2. The van der Waals surface area contributed by atoms with Crippen LogP contribution in [0.3, 0.4) is 0 Å². The Balaban J connectivity index is 2.00. The highest BCUT2D eigenvalue weighted by Gasteiger charge is 2.32. The number of amides is 1. The Morgan fingerprint density at radius 3 is 2.95 bits per heavy atom. The van der Waals surface area contributed by atoms with Crippen molar-refractivity contribution in [3.05, 3.63) is 34.6 Å². The molecular weight excluding hydrogens is 313 g/mol. The molecule has 0 bridgehead atoms. The molecule has 1 aliphatic heterocycles. The number of benzene rings is 1. The fourth-order valence-electron chi connectivity index (χ4n) is 2.19. The van der Waals surface area contributed by atoms with E-state index in [-0.39, 0.29) is 22.4 Å². The quantitative estimate of drug-likeness (QED) is 0.741. The van der Waals surface area contributed by atoms with Crippen molar-refractivity contribution in [2.24, 2.45) is 0 Å². The first-order chi connectivity index (χ1) is 9.99. The third kappa shape index (κ3) is 4.34. The zero-order valence-electron chi connectivity index (χ0n) is 12.1. The van der Waals surface area contributed by atoms with Crippen LogP contribution < -0.4 is 0 Å². The van der Waals surface area contributed by atoms with Gasteiger partial charge in [0.15, 0.2) is 0 Å². The van der Waals surface area contributed by atoms with Gasteiger partial charge >= 0.3 is 0 Å². The van der Waals surface area contributed by atoms with Crippen molar-refractivity contribution in [1.82, 2.24) is 4.90 Å². The number of hydrogen-bond acceptors (Lipinski definition) is 3. The van der Waals surface area contributed by atoms with Gasteiger partial charge in [-0.1, -0.05) is 17.7 Å². The molecule has 0 saturated carbocycles. The average molecular weight is 332 g/mol. The molecule has 1 heterocycles. The minimum absolute atomic E-state index is 0.0883. The Labute approximate surface area is 133 Å². The summed E-state index contributed by atoms with van der Waals surface area (Å²) in [4.78, 5) is 13.8. The van der Waals surface area contributed by atoms with Gasteiger partial charge in [0, 0.05) is 13.2 Å². The van der Waals surface area contributed by atoms with Crippen LogP contribution in [-0.2, 0) is 9.53 Å². The molecule has 0 aliphatic carbocycles. The first kappa shape index (κ1) is 16.6. The van der Waals surface area contributed by atoms with Gasteiger partial charge in [0.05, 0.1) is 16.9 Å². The van der Waals surface area contributed by atoms with E-state index >= 15 is 0 Å². The van der Waals surface area contributed by atoms with Crippen LogP contribution in [0.5, 0.6) is 0 Å². The van der Waals surface area contributed by atoms with Gasteiger partial charge in [-0.2, -0.15) is 0 Å². The number of ether oxygens (including phenoxy) is 1. The number of rotatable bonds is 6. The number of hydrogen-bond donors (Lipinski definition) is 0. The standard InChI is InChI=1S/C15H19ClFNO2S/c1-10(2)20-7-3-6-18-14(19)9-21-15(18)11-4-5-13(17)12(16)8-11/h4-5,8,10,15H,3,6-7,9H2,1-2H3. The summed E-state index contributed by atoms with van der Waals surface area (Å²) in [7, 11) is 0. The lowest BCUT2D eigenvalue weighted by Gasteiger charge is -2.24. The van der Waals surface area contributed by atoms with Gasteiger partial charge in [0.2, 0.25) is 5.91 Å². The summed E-state index contributed by atoms with van der Waals surface area (Å²) in [5, 5.41) is 0.00481. The van der Waals surface area contributed by atoms with Crippen LogP contribution in [0.2, 0.25) is 5.02 Å². The van der Waals surface area contributed by atoms with Gasteiger partial charge in [-0.05, 0) is 38.0 Å². The summed E-state index contributed by atoms with van der Waals surface area (Å²) in [6.45, 7) is 5.24. The summed E-state index contributed by atoms with van der Waals surface area (Å²) in [6.07, 6.45) is 0.982. The molecule has 0 spiro atoms. The summed E-state index contributed by atoms with van der Waals surface area (Å²) < 4.78 is 18.7. The van der Waals surface area contributed by atoms with E-state index in [0.29, 0.717) is 18.9 Å². The molecule has 1 fully saturated rings. The minimum atomic E-state index is -0.438. The van der Waals surface area contributed by atoms with Gasteiger partial charge in [0.1, 0.15) is 11.2 Å². The number of nitrogens with zero attached hydrogens (tertiary/aromatic N) is 1. The van der Waals surface area contributed by atoms with Crippen molar-refractivity contribution in [3.8, 4) is 0 Å². The summed E-state index contributed by atoms with van der Waals surface area (Å²) in [6, 6.07) is 4.64. The molecule has 1 amide bonds. The second-order valence-electron chi connectivity index (χ2n) is 5.20. The van der Waals surface area contributed by atoms with Crippen molar-refractivity contribution in [3.63, 3.8) is 0 Å².